The first kappa shape index (κ1) is 28.5. The molecule has 0 saturated heterocycles. The molecular weight excluding hydrogens is 432 g/mol. The lowest BCUT2D eigenvalue weighted by atomic mass is 10.1. The standard InChI is InChI=1S/C16H30N8O8/c17-7(5-25)12(28)24-10(6-26)14(30)23-9(4-11(18)27)13(29)22-8(15(31)32)2-1-3-21-16(19)20/h7-10,25-26H,1-6,17H2,(H2,18,27)(H,22,29)(H,23,30)(H,24,28)(H,31,32)(H4,19,20,21). The molecule has 0 spiro atoms. The maximum atomic E-state index is 12.5. The van der Waals surface area contributed by atoms with Crippen LogP contribution >= 0.6 is 0 Å². The summed E-state index contributed by atoms with van der Waals surface area (Å²) >= 11 is 0. The summed E-state index contributed by atoms with van der Waals surface area (Å²) in [4.78, 5) is 62.9. The number of primary amides is 1. The van der Waals surface area contributed by atoms with Crippen molar-refractivity contribution in [2.45, 2.75) is 43.4 Å². The normalized spacial score (nSPS) is 14.2. The maximum Gasteiger partial charge on any atom is 0.326 e. The summed E-state index contributed by atoms with van der Waals surface area (Å²) in [5, 5.41) is 33.8. The number of rotatable bonds is 15. The Kier molecular flexibility index (Phi) is 12.9. The highest BCUT2D eigenvalue weighted by molar-refractivity contribution is 5.96. The van der Waals surface area contributed by atoms with Crippen molar-refractivity contribution in [1.82, 2.24) is 16.0 Å². The number of nitrogens with zero attached hydrogens (tertiary/aromatic N) is 1. The smallest absolute Gasteiger partial charge is 0.326 e. The Morgan fingerprint density at radius 2 is 1.34 bits per heavy atom. The van der Waals surface area contributed by atoms with Crippen LogP contribution in [0.4, 0.5) is 0 Å². The first-order valence-electron chi connectivity index (χ1n) is 9.37. The molecule has 0 aromatic carbocycles. The van der Waals surface area contributed by atoms with Crippen LogP contribution < -0.4 is 38.9 Å². The molecule has 16 nitrogen and oxygen atoms in total. The van der Waals surface area contributed by atoms with Crippen molar-refractivity contribution >= 4 is 35.6 Å². The van der Waals surface area contributed by atoms with Gasteiger partial charge in [0.05, 0.1) is 19.6 Å². The number of hydrogen-bond donors (Lipinski definition) is 10. The summed E-state index contributed by atoms with van der Waals surface area (Å²) in [6.07, 6.45) is -0.560. The van der Waals surface area contributed by atoms with E-state index >= 15 is 0 Å². The first-order valence-corrected chi connectivity index (χ1v) is 9.37. The van der Waals surface area contributed by atoms with Gasteiger partial charge in [-0.15, -0.1) is 0 Å². The molecule has 4 unspecified atom stereocenters. The average Bonchev–Trinajstić information content (AvgIpc) is 2.71. The molecule has 14 N–H and O–H groups in total. The number of aliphatic hydroxyl groups excluding tert-OH is 2. The molecule has 4 amide bonds. The fraction of sp³-hybridized carbons (Fsp3) is 0.625. The summed E-state index contributed by atoms with van der Waals surface area (Å²) in [5.41, 5.74) is 20.7. The van der Waals surface area contributed by atoms with Crippen molar-refractivity contribution in [1.29, 1.82) is 0 Å². The molecule has 0 aromatic rings. The fourth-order valence-corrected chi connectivity index (χ4v) is 2.27. The molecule has 0 aliphatic heterocycles. The van der Waals surface area contributed by atoms with Gasteiger partial charge in [0, 0.05) is 6.54 Å². The van der Waals surface area contributed by atoms with Crippen LogP contribution in [0.1, 0.15) is 19.3 Å². The Balaban J connectivity index is 5.23. The third-order valence-corrected chi connectivity index (χ3v) is 3.95. The molecule has 0 bridgehead atoms. The van der Waals surface area contributed by atoms with Crippen LogP contribution in [0.2, 0.25) is 0 Å². The molecular formula is C16H30N8O8. The van der Waals surface area contributed by atoms with E-state index in [0.29, 0.717) is 0 Å². The van der Waals surface area contributed by atoms with Gasteiger partial charge < -0.3 is 54.2 Å². The summed E-state index contributed by atoms with van der Waals surface area (Å²) in [6.45, 7) is -1.52. The number of aliphatic hydroxyl groups is 2. The molecule has 0 fully saturated rings. The zero-order chi connectivity index (χ0) is 24.8. The van der Waals surface area contributed by atoms with Gasteiger partial charge in [0.25, 0.3) is 0 Å². The second-order valence-electron chi connectivity index (χ2n) is 6.61. The van der Waals surface area contributed by atoms with Crippen molar-refractivity contribution in [3.8, 4) is 0 Å². The van der Waals surface area contributed by atoms with Crippen LogP contribution in [0.25, 0.3) is 0 Å². The highest BCUT2D eigenvalue weighted by atomic mass is 16.4. The predicted molar refractivity (Wildman–Crippen MR) is 109 cm³/mol. The number of carboxylic acids is 1. The number of hydrogen-bond acceptors (Lipinski definition) is 9. The van der Waals surface area contributed by atoms with E-state index in [0.717, 1.165) is 0 Å². The molecule has 4 atom stereocenters. The molecule has 0 heterocycles. The number of carbonyl (C=O) groups is 5. The van der Waals surface area contributed by atoms with Crippen LogP contribution in [0.5, 0.6) is 0 Å². The Morgan fingerprint density at radius 3 is 1.81 bits per heavy atom. The zero-order valence-corrected chi connectivity index (χ0v) is 17.2. The molecule has 16 heteroatoms. The van der Waals surface area contributed by atoms with E-state index in [1.807, 2.05) is 0 Å². The van der Waals surface area contributed by atoms with Gasteiger partial charge in [-0.3, -0.25) is 24.2 Å². The van der Waals surface area contributed by atoms with Crippen molar-refractivity contribution < 1.29 is 39.3 Å². The van der Waals surface area contributed by atoms with E-state index in [4.69, 9.17) is 28.0 Å². The number of nitrogens with one attached hydrogen (secondary N) is 3. The van der Waals surface area contributed by atoms with Gasteiger partial charge in [-0.25, -0.2) is 4.79 Å². The molecule has 182 valence electrons. The van der Waals surface area contributed by atoms with Gasteiger partial charge in [-0.05, 0) is 12.8 Å². The lowest BCUT2D eigenvalue weighted by molar-refractivity contribution is -0.142. The minimum Gasteiger partial charge on any atom is -0.480 e. The first-order chi connectivity index (χ1) is 14.9. The molecule has 0 aliphatic carbocycles. The highest BCUT2D eigenvalue weighted by Crippen LogP contribution is 2.02. The van der Waals surface area contributed by atoms with Crippen molar-refractivity contribution in [2.75, 3.05) is 19.8 Å². The lowest BCUT2D eigenvalue weighted by Gasteiger charge is -2.23. The number of nitrogens with two attached hydrogens (primary N) is 4. The molecule has 0 rings (SSSR count). The predicted octanol–water partition coefficient (Wildman–Crippen LogP) is -6.23. The Hall–Kier alpha value is -3.50. The quantitative estimate of drug-likeness (QED) is 0.0619. The number of carboxylic acid groups (broad SMARTS) is 1. The number of aliphatic carboxylic acids is 1. The fourth-order valence-electron chi connectivity index (χ4n) is 2.27. The minimum atomic E-state index is -1.60. The van der Waals surface area contributed by atoms with Gasteiger partial charge in [0.15, 0.2) is 5.96 Å². The van der Waals surface area contributed by atoms with Crippen LogP contribution in [0.15, 0.2) is 4.99 Å². The summed E-state index contributed by atoms with van der Waals surface area (Å²) in [6, 6.07) is -5.92. The lowest BCUT2D eigenvalue weighted by Crippen LogP contribution is -2.58. The molecule has 0 aromatic heterocycles. The van der Waals surface area contributed by atoms with Crippen molar-refractivity contribution in [2.24, 2.45) is 27.9 Å². The van der Waals surface area contributed by atoms with E-state index in [9.17, 15) is 34.2 Å². The number of carbonyl (C=O) groups excluding carboxylic acids is 4. The van der Waals surface area contributed by atoms with Crippen molar-refractivity contribution in [3.63, 3.8) is 0 Å². The van der Waals surface area contributed by atoms with E-state index < -0.39 is 73.4 Å². The molecule has 32 heavy (non-hydrogen) atoms. The van der Waals surface area contributed by atoms with E-state index in [1.54, 1.807) is 0 Å². The van der Waals surface area contributed by atoms with Crippen LogP contribution in [-0.2, 0) is 24.0 Å². The van der Waals surface area contributed by atoms with Gasteiger partial charge in [-0.2, -0.15) is 0 Å². The number of aliphatic imine (C=N–C) groups is 1. The van der Waals surface area contributed by atoms with Crippen molar-refractivity contribution in [3.05, 3.63) is 0 Å². The zero-order valence-electron chi connectivity index (χ0n) is 17.2. The van der Waals surface area contributed by atoms with Crippen LogP contribution in [0, 0.1) is 0 Å². The average molecular weight is 462 g/mol. The monoisotopic (exact) mass is 462 g/mol. The van der Waals surface area contributed by atoms with Gasteiger partial charge in [-0.1, -0.05) is 0 Å². The highest BCUT2D eigenvalue weighted by Gasteiger charge is 2.30. The Labute approximate surface area is 182 Å². The molecule has 0 aliphatic rings. The maximum absolute atomic E-state index is 12.5. The van der Waals surface area contributed by atoms with Gasteiger partial charge in [0.1, 0.15) is 24.2 Å². The summed E-state index contributed by atoms with van der Waals surface area (Å²) in [7, 11) is 0. The topological polar surface area (TPSA) is 299 Å². The SMILES string of the molecule is NC(=O)CC(NC(=O)C(CO)NC(=O)C(N)CO)C(=O)NC(CCCN=C(N)N)C(=O)O. The summed E-state index contributed by atoms with van der Waals surface area (Å²) < 4.78 is 0. The second kappa shape index (κ2) is 14.5. The van der Waals surface area contributed by atoms with Crippen LogP contribution in [0.3, 0.4) is 0 Å². The molecule has 0 radical (unpaired) electrons. The van der Waals surface area contributed by atoms with Crippen LogP contribution in [-0.4, -0.2) is 94.8 Å². The number of amides is 4. The largest absolute Gasteiger partial charge is 0.480 e. The minimum absolute atomic E-state index is 0.0660. The molecule has 0 saturated carbocycles. The number of guanidine groups is 1. The summed E-state index contributed by atoms with van der Waals surface area (Å²) in [5.74, 6) is -5.63. The van der Waals surface area contributed by atoms with Gasteiger partial charge in [0.2, 0.25) is 23.6 Å². The second-order valence-corrected chi connectivity index (χ2v) is 6.61. The van der Waals surface area contributed by atoms with Gasteiger partial charge >= 0.3 is 5.97 Å². The Morgan fingerprint density at radius 1 is 0.812 bits per heavy atom. The van der Waals surface area contributed by atoms with E-state index in [2.05, 4.69) is 20.9 Å². The Bertz CT molecular complexity index is 712. The third-order valence-electron chi connectivity index (χ3n) is 3.95. The third kappa shape index (κ3) is 11.0. The van der Waals surface area contributed by atoms with E-state index in [1.165, 1.54) is 0 Å². The van der Waals surface area contributed by atoms with E-state index in [-0.39, 0.29) is 25.3 Å².